The first-order valence-corrected chi connectivity index (χ1v) is 7.52. The van der Waals surface area contributed by atoms with E-state index in [2.05, 4.69) is 67.4 Å². The molecule has 0 aliphatic rings. The Labute approximate surface area is 126 Å². The molecule has 1 aromatic heterocycles. The van der Waals surface area contributed by atoms with Gasteiger partial charge in [-0.25, -0.2) is 0 Å². The second kappa shape index (κ2) is 5.74. The van der Waals surface area contributed by atoms with Gasteiger partial charge in [0, 0.05) is 22.5 Å². The topological polar surface area (TPSA) is 41.8 Å². The Morgan fingerprint density at radius 2 is 1.71 bits per heavy atom. The minimum Gasteiger partial charge on any atom is -0.358 e. The summed E-state index contributed by atoms with van der Waals surface area (Å²) in [6.07, 6.45) is 0.986. The van der Waals surface area contributed by atoms with E-state index in [1.54, 1.807) is 0 Å². The molecule has 21 heavy (non-hydrogen) atoms. The molecule has 108 valence electrons. The van der Waals surface area contributed by atoms with E-state index in [1.165, 1.54) is 33.3 Å². The molecule has 0 fully saturated rings. The number of hydrogen-bond donors (Lipinski definition) is 2. The molecular formula is C19H22N2. The van der Waals surface area contributed by atoms with Crippen molar-refractivity contribution in [3.05, 3.63) is 70.9 Å². The third-order valence-electron chi connectivity index (χ3n) is 4.24. The lowest BCUT2D eigenvalue weighted by atomic mass is 9.90. The minimum atomic E-state index is 0.351. The van der Waals surface area contributed by atoms with Gasteiger partial charge in [-0.3, -0.25) is 0 Å². The molecule has 3 N–H and O–H groups in total. The van der Waals surface area contributed by atoms with E-state index in [1.807, 2.05) is 0 Å². The van der Waals surface area contributed by atoms with Gasteiger partial charge in [-0.15, -0.1) is 0 Å². The van der Waals surface area contributed by atoms with Crippen LogP contribution in [0.3, 0.4) is 0 Å². The molecule has 0 radical (unpaired) electrons. The summed E-state index contributed by atoms with van der Waals surface area (Å²) < 4.78 is 0. The standard InChI is InChI=1S/C19H22N2/c1-13-7-9-15(10-8-13)11-16(12-20)19-14(2)21-18-6-4-3-5-17(18)19/h3-10,16,21H,11-12,20H2,1-2H3. The van der Waals surface area contributed by atoms with E-state index in [-0.39, 0.29) is 0 Å². The molecule has 1 atom stereocenters. The highest BCUT2D eigenvalue weighted by Gasteiger charge is 2.18. The minimum absolute atomic E-state index is 0.351. The van der Waals surface area contributed by atoms with Gasteiger partial charge in [0.25, 0.3) is 0 Å². The Kier molecular flexibility index (Phi) is 3.80. The number of fused-ring (bicyclic) bond motifs is 1. The van der Waals surface area contributed by atoms with E-state index < -0.39 is 0 Å². The molecule has 0 bridgehead atoms. The van der Waals surface area contributed by atoms with Gasteiger partial charge < -0.3 is 10.7 Å². The number of H-pyrrole nitrogens is 1. The number of para-hydroxylation sites is 1. The van der Waals surface area contributed by atoms with E-state index in [4.69, 9.17) is 5.73 Å². The average Bonchev–Trinajstić information content (AvgIpc) is 2.83. The van der Waals surface area contributed by atoms with Gasteiger partial charge in [-0.2, -0.15) is 0 Å². The molecule has 2 aromatic carbocycles. The Hall–Kier alpha value is -2.06. The highest BCUT2D eigenvalue weighted by atomic mass is 14.7. The van der Waals surface area contributed by atoms with Crippen LogP contribution in [0.25, 0.3) is 10.9 Å². The van der Waals surface area contributed by atoms with Crippen molar-refractivity contribution >= 4 is 10.9 Å². The van der Waals surface area contributed by atoms with E-state index in [9.17, 15) is 0 Å². The van der Waals surface area contributed by atoms with Gasteiger partial charge in [-0.05, 0) is 44.0 Å². The fourth-order valence-electron chi connectivity index (χ4n) is 3.14. The van der Waals surface area contributed by atoms with Crippen molar-refractivity contribution in [1.29, 1.82) is 0 Å². The summed E-state index contributed by atoms with van der Waals surface area (Å²) >= 11 is 0. The molecule has 0 aliphatic carbocycles. The van der Waals surface area contributed by atoms with Crippen LogP contribution in [0.15, 0.2) is 48.5 Å². The van der Waals surface area contributed by atoms with Crippen LogP contribution in [0.5, 0.6) is 0 Å². The number of aromatic amines is 1. The zero-order valence-corrected chi connectivity index (χ0v) is 12.7. The van der Waals surface area contributed by atoms with E-state index >= 15 is 0 Å². The number of nitrogens with one attached hydrogen (secondary N) is 1. The zero-order chi connectivity index (χ0) is 14.8. The van der Waals surface area contributed by atoms with Crippen LogP contribution in [0.2, 0.25) is 0 Å². The number of benzene rings is 2. The molecule has 0 spiro atoms. The van der Waals surface area contributed by atoms with Crippen LogP contribution < -0.4 is 5.73 Å². The van der Waals surface area contributed by atoms with Crippen molar-refractivity contribution < 1.29 is 0 Å². The van der Waals surface area contributed by atoms with E-state index in [0.29, 0.717) is 12.5 Å². The molecule has 2 heteroatoms. The van der Waals surface area contributed by atoms with Gasteiger partial charge in [0.15, 0.2) is 0 Å². The third kappa shape index (κ3) is 2.72. The zero-order valence-electron chi connectivity index (χ0n) is 12.7. The smallest absolute Gasteiger partial charge is 0.0458 e. The fraction of sp³-hybridized carbons (Fsp3) is 0.263. The number of hydrogen-bond acceptors (Lipinski definition) is 1. The van der Waals surface area contributed by atoms with Crippen molar-refractivity contribution in [3.63, 3.8) is 0 Å². The number of aromatic nitrogens is 1. The molecular weight excluding hydrogens is 256 g/mol. The second-order valence-corrected chi connectivity index (χ2v) is 5.83. The Morgan fingerprint density at radius 3 is 2.43 bits per heavy atom. The lowest BCUT2D eigenvalue weighted by molar-refractivity contribution is 0.694. The lowest BCUT2D eigenvalue weighted by Gasteiger charge is -2.16. The van der Waals surface area contributed by atoms with Crippen molar-refractivity contribution in [3.8, 4) is 0 Å². The largest absolute Gasteiger partial charge is 0.358 e. The summed E-state index contributed by atoms with van der Waals surface area (Å²) in [5.41, 5.74) is 12.5. The SMILES string of the molecule is Cc1ccc(CC(CN)c2c(C)[nH]c3ccccc23)cc1. The molecule has 1 unspecified atom stereocenters. The molecule has 0 saturated carbocycles. The summed E-state index contributed by atoms with van der Waals surface area (Å²) in [5.74, 6) is 0.351. The van der Waals surface area contributed by atoms with Crippen LogP contribution in [0.4, 0.5) is 0 Å². The first-order valence-electron chi connectivity index (χ1n) is 7.52. The van der Waals surface area contributed by atoms with Crippen LogP contribution in [-0.2, 0) is 6.42 Å². The predicted molar refractivity (Wildman–Crippen MR) is 89.7 cm³/mol. The van der Waals surface area contributed by atoms with Gasteiger partial charge in [0.1, 0.15) is 0 Å². The highest BCUT2D eigenvalue weighted by molar-refractivity contribution is 5.85. The molecule has 0 amide bonds. The highest BCUT2D eigenvalue weighted by Crippen LogP contribution is 2.30. The first kappa shape index (κ1) is 13.9. The molecule has 3 rings (SSSR count). The normalized spacial score (nSPS) is 12.7. The predicted octanol–water partition coefficient (Wildman–Crippen LogP) is 4.07. The van der Waals surface area contributed by atoms with E-state index in [0.717, 1.165) is 6.42 Å². The van der Waals surface area contributed by atoms with Crippen molar-refractivity contribution in [2.45, 2.75) is 26.2 Å². The molecule has 0 aliphatic heterocycles. The summed E-state index contributed by atoms with van der Waals surface area (Å²) in [7, 11) is 0. The first-order chi connectivity index (χ1) is 10.2. The monoisotopic (exact) mass is 278 g/mol. The fourth-order valence-corrected chi connectivity index (χ4v) is 3.14. The van der Waals surface area contributed by atoms with Crippen molar-refractivity contribution in [1.82, 2.24) is 4.98 Å². The second-order valence-electron chi connectivity index (χ2n) is 5.83. The Morgan fingerprint density at radius 1 is 1.00 bits per heavy atom. The number of rotatable bonds is 4. The van der Waals surface area contributed by atoms with Gasteiger partial charge in [0.2, 0.25) is 0 Å². The molecule has 3 aromatic rings. The van der Waals surface area contributed by atoms with Crippen LogP contribution in [-0.4, -0.2) is 11.5 Å². The van der Waals surface area contributed by atoms with Crippen LogP contribution in [0.1, 0.15) is 28.3 Å². The number of aryl methyl sites for hydroxylation is 2. The summed E-state index contributed by atoms with van der Waals surface area (Å²) in [6, 6.07) is 17.2. The van der Waals surface area contributed by atoms with Gasteiger partial charge in [0.05, 0.1) is 0 Å². The van der Waals surface area contributed by atoms with Crippen molar-refractivity contribution in [2.75, 3.05) is 6.54 Å². The van der Waals surface area contributed by atoms with Gasteiger partial charge in [-0.1, -0.05) is 48.0 Å². The maximum Gasteiger partial charge on any atom is 0.0458 e. The molecule has 1 heterocycles. The number of nitrogens with two attached hydrogens (primary N) is 1. The third-order valence-corrected chi connectivity index (χ3v) is 4.24. The maximum absolute atomic E-state index is 6.09. The summed E-state index contributed by atoms with van der Waals surface area (Å²) in [6.45, 7) is 4.93. The molecule has 0 saturated heterocycles. The average molecular weight is 278 g/mol. The Balaban J connectivity index is 1.98. The Bertz CT molecular complexity index is 738. The summed E-state index contributed by atoms with van der Waals surface area (Å²) in [4.78, 5) is 3.48. The summed E-state index contributed by atoms with van der Waals surface area (Å²) in [5, 5.41) is 1.30. The van der Waals surface area contributed by atoms with Crippen molar-refractivity contribution in [2.24, 2.45) is 5.73 Å². The van der Waals surface area contributed by atoms with Crippen LogP contribution >= 0.6 is 0 Å². The quantitative estimate of drug-likeness (QED) is 0.742. The molecule has 2 nitrogen and oxygen atoms in total. The van der Waals surface area contributed by atoms with Gasteiger partial charge >= 0.3 is 0 Å². The van der Waals surface area contributed by atoms with Crippen LogP contribution in [0, 0.1) is 13.8 Å². The maximum atomic E-state index is 6.09. The lowest BCUT2D eigenvalue weighted by Crippen LogP contribution is -2.15.